The zero-order valence-corrected chi connectivity index (χ0v) is 13.4. The number of hydrogen-bond donors (Lipinski definition) is 1. The Morgan fingerprint density at radius 2 is 2.26 bits per heavy atom. The van der Waals surface area contributed by atoms with Gasteiger partial charge in [-0.25, -0.2) is 0 Å². The molecule has 4 heteroatoms. The summed E-state index contributed by atoms with van der Waals surface area (Å²) in [7, 11) is 2.04. The minimum absolute atomic E-state index is 0.399. The van der Waals surface area contributed by atoms with Crippen LogP contribution in [0, 0.1) is 10.5 Å². The van der Waals surface area contributed by atoms with E-state index >= 15 is 0 Å². The highest BCUT2D eigenvalue weighted by Gasteiger charge is 2.23. The maximum atomic E-state index is 4.40. The Hall–Kier alpha value is -1.04. The molecule has 1 unspecified atom stereocenters. The van der Waals surface area contributed by atoms with Crippen LogP contribution in [-0.4, -0.2) is 9.78 Å². The highest BCUT2D eigenvalue weighted by molar-refractivity contribution is 14.1. The van der Waals surface area contributed by atoms with Gasteiger partial charge in [-0.05, 0) is 72.5 Å². The first-order valence-corrected chi connectivity index (χ1v) is 7.76. The van der Waals surface area contributed by atoms with E-state index in [1.54, 1.807) is 0 Å². The SMILES string of the molecule is Cc1cc(I)ccc1NC1CCCc2c1cnn2C. The molecular formula is C15H18IN3. The molecule has 100 valence electrons. The Labute approximate surface area is 127 Å². The van der Waals surface area contributed by atoms with Crippen molar-refractivity contribution in [1.29, 1.82) is 0 Å². The number of benzene rings is 1. The molecule has 1 aliphatic carbocycles. The highest BCUT2D eigenvalue weighted by Crippen LogP contribution is 2.33. The Bertz CT molecular complexity index is 603. The van der Waals surface area contributed by atoms with Crippen molar-refractivity contribution < 1.29 is 0 Å². The average Bonchev–Trinajstić information content (AvgIpc) is 2.76. The third-order valence-corrected chi connectivity index (χ3v) is 4.56. The number of nitrogens with zero attached hydrogens (tertiary/aromatic N) is 2. The standard InChI is InChI=1S/C15H18IN3/c1-10-8-11(16)6-7-13(10)18-14-4-3-5-15-12(14)9-17-19(15)2/h6-9,14,18H,3-5H2,1-2H3. The van der Waals surface area contributed by atoms with Crippen LogP contribution in [-0.2, 0) is 13.5 Å². The smallest absolute Gasteiger partial charge is 0.0547 e. The summed E-state index contributed by atoms with van der Waals surface area (Å²) in [6.45, 7) is 2.16. The molecule has 0 spiro atoms. The number of nitrogens with one attached hydrogen (secondary N) is 1. The molecule has 2 aromatic rings. The molecule has 0 radical (unpaired) electrons. The number of rotatable bonds is 2. The van der Waals surface area contributed by atoms with Gasteiger partial charge in [0.05, 0.1) is 12.2 Å². The number of halogens is 1. The van der Waals surface area contributed by atoms with E-state index in [0.29, 0.717) is 6.04 Å². The summed E-state index contributed by atoms with van der Waals surface area (Å²) in [6, 6.07) is 6.96. The molecule has 3 nitrogen and oxygen atoms in total. The van der Waals surface area contributed by atoms with Crippen LogP contribution in [0.2, 0.25) is 0 Å². The molecule has 0 aliphatic heterocycles. The van der Waals surface area contributed by atoms with Crippen molar-refractivity contribution in [2.75, 3.05) is 5.32 Å². The van der Waals surface area contributed by atoms with Crippen molar-refractivity contribution in [3.05, 3.63) is 44.8 Å². The molecule has 0 fully saturated rings. The molecule has 19 heavy (non-hydrogen) atoms. The van der Waals surface area contributed by atoms with Gasteiger partial charge in [-0.15, -0.1) is 0 Å². The van der Waals surface area contributed by atoms with Crippen LogP contribution >= 0.6 is 22.6 Å². The predicted molar refractivity (Wildman–Crippen MR) is 86.4 cm³/mol. The van der Waals surface area contributed by atoms with Gasteiger partial charge >= 0.3 is 0 Å². The van der Waals surface area contributed by atoms with Crippen molar-refractivity contribution in [2.24, 2.45) is 7.05 Å². The predicted octanol–water partition coefficient (Wildman–Crippen LogP) is 3.82. The normalized spacial score (nSPS) is 18.2. The van der Waals surface area contributed by atoms with Gasteiger partial charge in [0.25, 0.3) is 0 Å². The van der Waals surface area contributed by atoms with Gasteiger partial charge in [-0.2, -0.15) is 5.10 Å². The van der Waals surface area contributed by atoms with Crippen LogP contribution in [0.5, 0.6) is 0 Å². The third-order valence-electron chi connectivity index (χ3n) is 3.89. The zero-order valence-electron chi connectivity index (χ0n) is 11.3. The lowest BCUT2D eigenvalue weighted by atomic mass is 9.92. The summed E-state index contributed by atoms with van der Waals surface area (Å²) < 4.78 is 3.30. The van der Waals surface area contributed by atoms with Crippen LogP contribution in [0.25, 0.3) is 0 Å². The van der Waals surface area contributed by atoms with Gasteiger partial charge in [0.15, 0.2) is 0 Å². The van der Waals surface area contributed by atoms with Crippen molar-refractivity contribution in [1.82, 2.24) is 9.78 Å². The first-order valence-electron chi connectivity index (χ1n) is 6.68. The van der Waals surface area contributed by atoms with Gasteiger partial charge in [0, 0.05) is 27.6 Å². The second kappa shape index (κ2) is 5.15. The van der Waals surface area contributed by atoms with E-state index in [1.807, 2.05) is 17.9 Å². The largest absolute Gasteiger partial charge is 0.378 e. The van der Waals surface area contributed by atoms with E-state index in [2.05, 4.69) is 58.1 Å². The summed E-state index contributed by atoms with van der Waals surface area (Å²) in [5.74, 6) is 0. The fourth-order valence-electron chi connectivity index (χ4n) is 2.83. The first-order chi connectivity index (χ1) is 9.15. The Kier molecular flexibility index (Phi) is 3.52. The Morgan fingerprint density at radius 1 is 1.42 bits per heavy atom. The molecule has 1 atom stereocenters. The lowest BCUT2D eigenvalue weighted by Gasteiger charge is -2.25. The van der Waals surface area contributed by atoms with Crippen LogP contribution in [0.3, 0.4) is 0 Å². The van der Waals surface area contributed by atoms with Gasteiger partial charge in [0.1, 0.15) is 0 Å². The third kappa shape index (κ3) is 2.50. The Balaban J connectivity index is 1.88. The molecule has 0 bridgehead atoms. The lowest BCUT2D eigenvalue weighted by Crippen LogP contribution is -2.18. The number of hydrogen-bond acceptors (Lipinski definition) is 2. The summed E-state index contributed by atoms with van der Waals surface area (Å²) in [5, 5.41) is 8.09. The highest BCUT2D eigenvalue weighted by atomic mass is 127. The van der Waals surface area contributed by atoms with Crippen LogP contribution < -0.4 is 5.32 Å². The second-order valence-corrected chi connectivity index (χ2v) is 6.46. The van der Waals surface area contributed by atoms with Crippen LogP contribution in [0.15, 0.2) is 24.4 Å². The van der Waals surface area contributed by atoms with E-state index in [4.69, 9.17) is 0 Å². The maximum Gasteiger partial charge on any atom is 0.0547 e. The molecule has 3 rings (SSSR count). The molecule has 1 N–H and O–H groups in total. The summed E-state index contributed by atoms with van der Waals surface area (Å²) in [4.78, 5) is 0. The van der Waals surface area contributed by atoms with Crippen molar-refractivity contribution in [3.63, 3.8) is 0 Å². The molecule has 0 saturated carbocycles. The van der Waals surface area contributed by atoms with Crippen LogP contribution in [0.1, 0.15) is 35.7 Å². The van der Waals surface area contributed by atoms with E-state index in [-0.39, 0.29) is 0 Å². The number of aryl methyl sites for hydroxylation is 2. The van der Waals surface area contributed by atoms with E-state index in [9.17, 15) is 0 Å². The summed E-state index contributed by atoms with van der Waals surface area (Å²) >= 11 is 2.36. The zero-order chi connectivity index (χ0) is 13.4. The average molecular weight is 367 g/mol. The summed E-state index contributed by atoms with van der Waals surface area (Å²) in [6.07, 6.45) is 5.58. The minimum Gasteiger partial charge on any atom is -0.378 e. The molecular weight excluding hydrogens is 349 g/mol. The molecule has 1 aliphatic rings. The second-order valence-electron chi connectivity index (χ2n) is 5.22. The fraction of sp³-hybridized carbons (Fsp3) is 0.400. The topological polar surface area (TPSA) is 29.9 Å². The minimum atomic E-state index is 0.399. The van der Waals surface area contributed by atoms with Crippen molar-refractivity contribution in [3.8, 4) is 0 Å². The van der Waals surface area contributed by atoms with Gasteiger partial charge in [0.2, 0.25) is 0 Å². The van der Waals surface area contributed by atoms with Crippen LogP contribution in [0.4, 0.5) is 5.69 Å². The monoisotopic (exact) mass is 367 g/mol. The molecule has 1 heterocycles. The van der Waals surface area contributed by atoms with Gasteiger partial charge in [-0.1, -0.05) is 0 Å². The Morgan fingerprint density at radius 3 is 3.05 bits per heavy atom. The van der Waals surface area contributed by atoms with Crippen molar-refractivity contribution >= 4 is 28.3 Å². The molecule has 1 aromatic heterocycles. The maximum absolute atomic E-state index is 4.40. The molecule has 1 aromatic carbocycles. The first kappa shape index (κ1) is 13.0. The van der Waals surface area contributed by atoms with Gasteiger partial charge in [-0.3, -0.25) is 4.68 Å². The number of fused-ring (bicyclic) bond motifs is 1. The van der Waals surface area contributed by atoms with E-state index in [1.165, 1.54) is 38.9 Å². The lowest BCUT2D eigenvalue weighted by molar-refractivity contribution is 0.571. The van der Waals surface area contributed by atoms with E-state index < -0.39 is 0 Å². The van der Waals surface area contributed by atoms with Gasteiger partial charge < -0.3 is 5.32 Å². The summed E-state index contributed by atoms with van der Waals surface area (Å²) in [5.41, 5.74) is 5.30. The molecule has 0 amide bonds. The molecule has 0 saturated heterocycles. The van der Waals surface area contributed by atoms with Crippen molar-refractivity contribution in [2.45, 2.75) is 32.2 Å². The number of aromatic nitrogens is 2. The number of anilines is 1. The fourth-order valence-corrected chi connectivity index (χ4v) is 3.48. The van der Waals surface area contributed by atoms with E-state index in [0.717, 1.165) is 6.42 Å². The quantitative estimate of drug-likeness (QED) is 0.818.